The van der Waals surface area contributed by atoms with Crippen molar-refractivity contribution in [1.29, 1.82) is 0 Å². The van der Waals surface area contributed by atoms with Gasteiger partial charge in [0.1, 0.15) is 0 Å². The first-order chi connectivity index (χ1) is 9.58. The first-order valence-electron chi connectivity index (χ1n) is 7.92. The van der Waals surface area contributed by atoms with Gasteiger partial charge in [0, 0.05) is 24.3 Å². The van der Waals surface area contributed by atoms with Crippen LogP contribution >= 0.6 is 0 Å². The molecule has 2 rings (SSSR count). The fraction of sp³-hybridized carbons (Fsp3) is 0.706. The Morgan fingerprint density at radius 2 is 2.00 bits per heavy atom. The van der Waals surface area contributed by atoms with Gasteiger partial charge in [0.25, 0.3) is 0 Å². The second-order valence-electron chi connectivity index (χ2n) is 6.43. The maximum Gasteiger partial charge on any atom is 0.218 e. The molecule has 1 aromatic heterocycles. The van der Waals surface area contributed by atoms with E-state index in [9.17, 15) is 0 Å². The lowest BCUT2D eigenvalue weighted by Crippen LogP contribution is -2.42. The Kier molecular flexibility index (Phi) is 5.41. The number of nitrogens with zero attached hydrogens (tertiary/aromatic N) is 1. The maximum atomic E-state index is 5.79. The van der Waals surface area contributed by atoms with Crippen LogP contribution in [0.4, 0.5) is 0 Å². The highest BCUT2D eigenvalue weighted by atomic mass is 16.5. The molecular weight excluding hydrogens is 248 g/mol. The van der Waals surface area contributed by atoms with E-state index in [2.05, 4.69) is 30.2 Å². The summed E-state index contributed by atoms with van der Waals surface area (Å²) in [5.74, 6) is 2.28. The molecule has 2 atom stereocenters. The molecule has 0 aromatic carbocycles. The van der Waals surface area contributed by atoms with Gasteiger partial charge in [-0.1, -0.05) is 26.3 Å². The smallest absolute Gasteiger partial charge is 0.218 e. The Labute approximate surface area is 123 Å². The molecule has 20 heavy (non-hydrogen) atoms. The molecule has 112 valence electrons. The molecule has 1 aromatic rings. The number of rotatable bonds is 5. The second kappa shape index (κ2) is 7.07. The third-order valence-corrected chi connectivity index (χ3v) is 4.27. The summed E-state index contributed by atoms with van der Waals surface area (Å²) in [4.78, 5) is 4.36. The molecule has 1 N–H and O–H groups in total. The minimum Gasteiger partial charge on any atom is -0.475 e. The fourth-order valence-electron chi connectivity index (χ4n) is 3.20. The van der Waals surface area contributed by atoms with E-state index >= 15 is 0 Å². The largest absolute Gasteiger partial charge is 0.475 e. The minimum absolute atomic E-state index is 0.163. The van der Waals surface area contributed by atoms with Crippen molar-refractivity contribution in [2.75, 3.05) is 0 Å². The molecule has 0 amide bonds. The Bertz CT molecular complexity index is 409. The highest BCUT2D eigenvalue weighted by Crippen LogP contribution is 2.29. The van der Waals surface area contributed by atoms with E-state index in [1.54, 1.807) is 6.20 Å². The molecular formula is C17H28N2O. The lowest BCUT2D eigenvalue weighted by Gasteiger charge is -2.35. The molecule has 0 radical (unpaired) electrons. The van der Waals surface area contributed by atoms with Crippen molar-refractivity contribution >= 4 is 0 Å². The van der Waals surface area contributed by atoms with Crippen LogP contribution in [0.5, 0.6) is 5.88 Å². The van der Waals surface area contributed by atoms with E-state index in [4.69, 9.17) is 4.74 Å². The summed E-state index contributed by atoms with van der Waals surface area (Å²) in [6.07, 6.45) is 6.01. The molecule has 1 heterocycles. The molecule has 3 heteroatoms. The molecule has 0 spiro atoms. The summed E-state index contributed by atoms with van der Waals surface area (Å²) in [7, 11) is 0. The van der Waals surface area contributed by atoms with E-state index in [0.717, 1.165) is 29.8 Å². The third kappa shape index (κ3) is 3.95. The van der Waals surface area contributed by atoms with Crippen molar-refractivity contribution in [3.05, 3.63) is 23.9 Å². The molecule has 2 unspecified atom stereocenters. The summed E-state index contributed by atoms with van der Waals surface area (Å²) in [6, 6.07) is 4.70. The predicted molar refractivity (Wildman–Crippen MR) is 82.8 cm³/mol. The Morgan fingerprint density at radius 3 is 2.65 bits per heavy atom. The van der Waals surface area contributed by atoms with Gasteiger partial charge in [0.2, 0.25) is 5.88 Å². The van der Waals surface area contributed by atoms with Crippen LogP contribution in [0.1, 0.15) is 52.5 Å². The average molecular weight is 276 g/mol. The maximum absolute atomic E-state index is 5.79. The Hall–Kier alpha value is -1.09. The van der Waals surface area contributed by atoms with Crippen LogP contribution in [0.2, 0.25) is 0 Å². The first-order valence-corrected chi connectivity index (χ1v) is 7.92. The molecule has 0 bridgehead atoms. The molecule has 0 saturated heterocycles. The monoisotopic (exact) mass is 276 g/mol. The second-order valence-corrected chi connectivity index (χ2v) is 6.43. The molecule has 3 nitrogen and oxygen atoms in total. The number of nitrogens with one attached hydrogen (secondary N) is 1. The zero-order valence-electron chi connectivity index (χ0n) is 13.2. The van der Waals surface area contributed by atoms with Gasteiger partial charge in [-0.3, -0.25) is 0 Å². The van der Waals surface area contributed by atoms with Gasteiger partial charge in [0.15, 0.2) is 0 Å². The first kappa shape index (κ1) is 15.3. The lowest BCUT2D eigenvalue weighted by atomic mass is 9.78. The number of pyridine rings is 1. The summed E-state index contributed by atoms with van der Waals surface area (Å²) in [5, 5.41) is 3.73. The van der Waals surface area contributed by atoms with Crippen molar-refractivity contribution in [2.45, 2.75) is 65.6 Å². The third-order valence-electron chi connectivity index (χ3n) is 4.27. The van der Waals surface area contributed by atoms with Gasteiger partial charge >= 0.3 is 0 Å². The summed E-state index contributed by atoms with van der Waals surface area (Å²) < 4.78 is 5.79. The van der Waals surface area contributed by atoms with E-state index in [1.165, 1.54) is 19.3 Å². The molecule has 1 fully saturated rings. The van der Waals surface area contributed by atoms with E-state index in [-0.39, 0.29) is 6.10 Å². The van der Waals surface area contributed by atoms with E-state index in [1.807, 2.05) is 19.9 Å². The van der Waals surface area contributed by atoms with E-state index < -0.39 is 0 Å². The van der Waals surface area contributed by atoms with Gasteiger partial charge < -0.3 is 10.1 Å². The van der Waals surface area contributed by atoms with Crippen LogP contribution in [0.15, 0.2) is 18.3 Å². The van der Waals surface area contributed by atoms with Gasteiger partial charge in [-0.2, -0.15) is 0 Å². The van der Waals surface area contributed by atoms with Crippen LogP contribution in [0.3, 0.4) is 0 Å². The van der Waals surface area contributed by atoms with Crippen LogP contribution in [0, 0.1) is 11.8 Å². The number of ether oxygens (including phenoxy) is 1. The SMILES string of the molecule is CC(C)Oc1ncccc1CNC1C(C)CCCC1C. The topological polar surface area (TPSA) is 34.1 Å². The van der Waals surface area contributed by atoms with E-state index in [0.29, 0.717) is 6.04 Å². The number of hydrogen-bond acceptors (Lipinski definition) is 3. The van der Waals surface area contributed by atoms with Crippen molar-refractivity contribution in [3.63, 3.8) is 0 Å². The molecule has 1 aliphatic carbocycles. The molecule has 0 aliphatic heterocycles. The number of aromatic nitrogens is 1. The summed E-state index contributed by atoms with van der Waals surface area (Å²) >= 11 is 0. The zero-order chi connectivity index (χ0) is 14.5. The highest BCUT2D eigenvalue weighted by Gasteiger charge is 2.27. The average Bonchev–Trinajstić information content (AvgIpc) is 2.39. The number of hydrogen-bond donors (Lipinski definition) is 1. The van der Waals surface area contributed by atoms with Crippen molar-refractivity contribution in [3.8, 4) is 5.88 Å². The quantitative estimate of drug-likeness (QED) is 0.888. The molecule has 1 saturated carbocycles. The zero-order valence-corrected chi connectivity index (χ0v) is 13.2. The Balaban J connectivity index is 1.99. The van der Waals surface area contributed by atoms with Crippen molar-refractivity contribution in [2.24, 2.45) is 11.8 Å². The van der Waals surface area contributed by atoms with Crippen LogP contribution in [-0.2, 0) is 6.54 Å². The van der Waals surface area contributed by atoms with Crippen molar-refractivity contribution < 1.29 is 4.74 Å². The van der Waals surface area contributed by atoms with Gasteiger partial charge in [-0.05, 0) is 44.6 Å². The predicted octanol–water partition coefficient (Wildman–Crippen LogP) is 3.78. The minimum atomic E-state index is 0.163. The van der Waals surface area contributed by atoms with Gasteiger partial charge in [-0.15, -0.1) is 0 Å². The van der Waals surface area contributed by atoms with Crippen LogP contribution < -0.4 is 10.1 Å². The Morgan fingerprint density at radius 1 is 1.30 bits per heavy atom. The summed E-state index contributed by atoms with van der Waals surface area (Å²) in [5.41, 5.74) is 1.16. The molecule has 1 aliphatic rings. The van der Waals surface area contributed by atoms with Crippen LogP contribution in [0.25, 0.3) is 0 Å². The van der Waals surface area contributed by atoms with Crippen molar-refractivity contribution in [1.82, 2.24) is 10.3 Å². The van der Waals surface area contributed by atoms with Gasteiger partial charge in [0.05, 0.1) is 6.10 Å². The normalized spacial score (nSPS) is 26.8. The summed E-state index contributed by atoms with van der Waals surface area (Å²) in [6.45, 7) is 9.65. The lowest BCUT2D eigenvalue weighted by molar-refractivity contribution is 0.203. The highest BCUT2D eigenvalue weighted by molar-refractivity contribution is 5.25. The standard InChI is InChI=1S/C17H28N2O/c1-12(2)20-17-15(9-6-10-18-17)11-19-16-13(3)7-5-8-14(16)4/h6,9-10,12-14,16,19H,5,7-8,11H2,1-4H3. The van der Waals surface area contributed by atoms with Gasteiger partial charge in [-0.25, -0.2) is 4.98 Å². The fourth-order valence-corrected chi connectivity index (χ4v) is 3.20. The van der Waals surface area contributed by atoms with Crippen LogP contribution in [-0.4, -0.2) is 17.1 Å².